The van der Waals surface area contributed by atoms with Crippen molar-refractivity contribution in [1.29, 1.82) is 0 Å². The molecule has 10 heteroatoms. The van der Waals surface area contributed by atoms with Crippen molar-refractivity contribution < 1.29 is 37.0 Å². The summed E-state index contributed by atoms with van der Waals surface area (Å²) in [6.07, 6.45) is -1.46. The molecule has 1 N–H and O–H groups in total. The van der Waals surface area contributed by atoms with Crippen LogP contribution in [0.3, 0.4) is 0 Å². The zero-order valence-electron chi connectivity index (χ0n) is 19.7. The number of phenols is 1. The quantitative estimate of drug-likeness (QED) is 0.402. The van der Waals surface area contributed by atoms with Gasteiger partial charge in [0.25, 0.3) is 5.76 Å². The molecule has 0 bridgehead atoms. The van der Waals surface area contributed by atoms with Crippen molar-refractivity contribution in [1.82, 2.24) is 4.90 Å². The number of nitrogens with zero attached hydrogens (tertiary/aromatic N) is 1. The van der Waals surface area contributed by atoms with Gasteiger partial charge in [0.2, 0.25) is 11.2 Å². The van der Waals surface area contributed by atoms with Gasteiger partial charge in [-0.1, -0.05) is 13.3 Å². The number of fused-ring (bicyclic) bond motifs is 1. The Morgan fingerprint density at radius 2 is 1.78 bits per heavy atom. The van der Waals surface area contributed by atoms with E-state index in [0.717, 1.165) is 32.4 Å². The van der Waals surface area contributed by atoms with Crippen LogP contribution in [0, 0.1) is 0 Å². The molecule has 7 nitrogen and oxygen atoms in total. The number of rotatable bonds is 7. The van der Waals surface area contributed by atoms with Crippen molar-refractivity contribution in [3.8, 4) is 17.2 Å². The molecule has 0 aliphatic carbocycles. The van der Waals surface area contributed by atoms with Crippen LogP contribution in [0.2, 0.25) is 0 Å². The summed E-state index contributed by atoms with van der Waals surface area (Å²) in [7, 11) is 0. The van der Waals surface area contributed by atoms with Gasteiger partial charge in [-0.3, -0.25) is 9.69 Å². The number of carbonyl (C=O) groups excluding carboxylic acids is 1. The molecular formula is C26H26F3NO6. The van der Waals surface area contributed by atoms with Crippen LogP contribution in [-0.2, 0) is 17.5 Å². The second-order valence-electron chi connectivity index (χ2n) is 8.63. The summed E-state index contributed by atoms with van der Waals surface area (Å²) in [5.41, 5.74) is -1.03. The molecule has 0 spiro atoms. The van der Waals surface area contributed by atoms with E-state index >= 15 is 0 Å². The number of hydrogen-bond donors (Lipinski definition) is 1. The monoisotopic (exact) mass is 505 g/mol. The fourth-order valence-electron chi connectivity index (χ4n) is 4.11. The van der Waals surface area contributed by atoms with Gasteiger partial charge in [-0.05, 0) is 68.8 Å². The lowest BCUT2D eigenvalue weighted by atomic mass is 10.1. The Hall–Kier alpha value is -3.53. The minimum atomic E-state index is -5.04. The molecule has 0 amide bonds. The summed E-state index contributed by atoms with van der Waals surface area (Å²) in [6, 6.07) is 7.69. The van der Waals surface area contributed by atoms with Crippen LogP contribution in [0.4, 0.5) is 13.2 Å². The molecule has 0 atom stereocenters. The Kier molecular flexibility index (Phi) is 7.53. The lowest BCUT2D eigenvalue weighted by Gasteiger charge is -2.27. The van der Waals surface area contributed by atoms with E-state index in [1.807, 2.05) is 11.8 Å². The molecule has 192 valence electrons. The first-order chi connectivity index (χ1) is 17.2. The number of halogens is 3. The number of aromatic hydroxyl groups is 1. The molecule has 3 aromatic rings. The second-order valence-corrected chi connectivity index (χ2v) is 8.63. The number of hydrogen-bond acceptors (Lipinski definition) is 7. The van der Waals surface area contributed by atoms with E-state index in [1.165, 1.54) is 36.4 Å². The van der Waals surface area contributed by atoms with Crippen LogP contribution in [-0.4, -0.2) is 35.7 Å². The molecule has 0 radical (unpaired) electrons. The third-order valence-electron chi connectivity index (χ3n) is 5.93. The average molecular weight is 505 g/mol. The van der Waals surface area contributed by atoms with Gasteiger partial charge in [0, 0.05) is 6.54 Å². The van der Waals surface area contributed by atoms with Gasteiger partial charge in [0.05, 0.1) is 23.1 Å². The Labute approximate surface area is 205 Å². The van der Waals surface area contributed by atoms with E-state index in [4.69, 9.17) is 13.9 Å². The number of phenolic OH excluding ortho intramolecular Hbond substituents is 1. The molecule has 0 saturated carbocycles. The molecule has 2 aromatic carbocycles. The molecular weight excluding hydrogens is 479 g/mol. The Morgan fingerprint density at radius 1 is 1.08 bits per heavy atom. The number of likely N-dealkylation sites (tertiary alicyclic amines) is 1. The Morgan fingerprint density at radius 3 is 2.42 bits per heavy atom. The van der Waals surface area contributed by atoms with Gasteiger partial charge in [-0.2, -0.15) is 13.2 Å². The van der Waals surface area contributed by atoms with Crippen LogP contribution in [0.25, 0.3) is 11.0 Å². The highest BCUT2D eigenvalue weighted by Crippen LogP contribution is 2.40. The first-order valence-electron chi connectivity index (χ1n) is 11.7. The van der Waals surface area contributed by atoms with E-state index in [2.05, 4.69) is 0 Å². The fourth-order valence-corrected chi connectivity index (χ4v) is 4.11. The summed E-state index contributed by atoms with van der Waals surface area (Å²) >= 11 is 0. The molecule has 4 rings (SSSR count). The number of piperidine rings is 1. The van der Waals surface area contributed by atoms with E-state index in [0.29, 0.717) is 6.42 Å². The van der Waals surface area contributed by atoms with Crippen LogP contribution < -0.4 is 10.2 Å². The molecule has 1 aliphatic heterocycles. The van der Waals surface area contributed by atoms with Crippen molar-refractivity contribution in [2.24, 2.45) is 0 Å². The first-order valence-corrected chi connectivity index (χ1v) is 11.7. The smallest absolute Gasteiger partial charge is 0.453 e. The molecule has 1 aliphatic rings. The van der Waals surface area contributed by atoms with Crippen molar-refractivity contribution in [3.05, 3.63) is 63.5 Å². The van der Waals surface area contributed by atoms with Gasteiger partial charge in [-0.25, -0.2) is 4.79 Å². The third-order valence-corrected chi connectivity index (χ3v) is 5.93. The van der Waals surface area contributed by atoms with Crippen LogP contribution in [0.5, 0.6) is 17.2 Å². The zero-order chi connectivity index (χ0) is 25.9. The lowest BCUT2D eigenvalue weighted by molar-refractivity contribution is -0.154. The zero-order valence-corrected chi connectivity index (χ0v) is 19.7. The summed E-state index contributed by atoms with van der Waals surface area (Å²) in [5, 5.41) is 10.3. The first kappa shape index (κ1) is 25.6. The summed E-state index contributed by atoms with van der Waals surface area (Å²) < 4.78 is 57.6. The van der Waals surface area contributed by atoms with Crippen LogP contribution in [0.1, 0.15) is 54.3 Å². The molecule has 0 unspecified atom stereocenters. The number of benzene rings is 2. The van der Waals surface area contributed by atoms with Crippen molar-refractivity contribution in [2.45, 2.75) is 45.3 Å². The standard InChI is InChI=1S/C26H26F3NO6/c1-2-14-34-25(33)16-6-8-17(9-7-16)35-23-21(32)18-10-11-20(31)19(15-30-12-4-3-5-13-30)22(18)36-24(23)26(27,28)29/h6-11,31H,2-5,12-15H2,1H3. The summed E-state index contributed by atoms with van der Waals surface area (Å²) in [6.45, 7) is 3.69. The maximum absolute atomic E-state index is 14.0. The molecule has 1 fully saturated rings. The average Bonchev–Trinajstić information content (AvgIpc) is 2.86. The maximum Gasteiger partial charge on any atom is 0.453 e. The van der Waals surface area contributed by atoms with Gasteiger partial charge in [0.15, 0.2) is 0 Å². The molecule has 2 heterocycles. The van der Waals surface area contributed by atoms with Crippen molar-refractivity contribution in [3.63, 3.8) is 0 Å². The van der Waals surface area contributed by atoms with Gasteiger partial charge < -0.3 is 19.0 Å². The largest absolute Gasteiger partial charge is 0.507 e. The minimum absolute atomic E-state index is 0.0912. The summed E-state index contributed by atoms with van der Waals surface area (Å²) in [4.78, 5) is 27.2. The summed E-state index contributed by atoms with van der Waals surface area (Å²) in [5.74, 6) is -3.54. The van der Waals surface area contributed by atoms with E-state index in [-0.39, 0.29) is 46.7 Å². The van der Waals surface area contributed by atoms with Gasteiger partial charge >= 0.3 is 12.1 Å². The van der Waals surface area contributed by atoms with Crippen molar-refractivity contribution in [2.75, 3.05) is 19.7 Å². The van der Waals surface area contributed by atoms with E-state index < -0.39 is 29.1 Å². The van der Waals surface area contributed by atoms with Crippen LogP contribution >= 0.6 is 0 Å². The lowest BCUT2D eigenvalue weighted by Crippen LogP contribution is -2.29. The topological polar surface area (TPSA) is 89.2 Å². The van der Waals surface area contributed by atoms with Crippen molar-refractivity contribution >= 4 is 16.9 Å². The maximum atomic E-state index is 14.0. The third kappa shape index (κ3) is 5.48. The predicted molar refractivity (Wildman–Crippen MR) is 125 cm³/mol. The number of alkyl halides is 3. The number of carbonyl (C=O) groups is 1. The Balaban J connectivity index is 1.74. The highest BCUT2D eigenvalue weighted by Gasteiger charge is 2.41. The predicted octanol–water partition coefficient (Wildman–Crippen LogP) is 5.86. The number of esters is 1. The normalized spacial score (nSPS) is 14.7. The minimum Gasteiger partial charge on any atom is -0.507 e. The molecule has 1 aromatic heterocycles. The highest BCUT2D eigenvalue weighted by atomic mass is 19.4. The molecule has 1 saturated heterocycles. The van der Waals surface area contributed by atoms with Gasteiger partial charge in [-0.15, -0.1) is 0 Å². The van der Waals surface area contributed by atoms with Crippen LogP contribution in [0.15, 0.2) is 45.6 Å². The number of ether oxygens (including phenoxy) is 2. The van der Waals surface area contributed by atoms with Gasteiger partial charge in [0.1, 0.15) is 17.1 Å². The Bertz CT molecular complexity index is 1290. The second kappa shape index (κ2) is 10.6. The molecule has 36 heavy (non-hydrogen) atoms. The van der Waals surface area contributed by atoms with E-state index in [1.54, 1.807) is 0 Å². The SMILES string of the molecule is CCCOC(=O)c1ccc(Oc2c(C(F)(F)F)oc3c(CN4CCCCC4)c(O)ccc3c2=O)cc1. The fraction of sp³-hybridized carbons (Fsp3) is 0.385. The van der Waals surface area contributed by atoms with E-state index in [9.17, 15) is 27.9 Å². The highest BCUT2D eigenvalue weighted by molar-refractivity contribution is 5.89.